The fraction of sp³-hybridized carbons (Fsp3) is 0.421. The van der Waals surface area contributed by atoms with Crippen molar-refractivity contribution in [2.45, 2.75) is 25.2 Å². The quantitative estimate of drug-likeness (QED) is 0.581. The molecule has 0 bridgehead atoms. The van der Waals surface area contributed by atoms with Gasteiger partial charge in [-0.2, -0.15) is 13.2 Å². The van der Waals surface area contributed by atoms with Crippen LogP contribution in [0.25, 0.3) is 0 Å². The van der Waals surface area contributed by atoms with E-state index in [1.54, 1.807) is 6.08 Å². The summed E-state index contributed by atoms with van der Waals surface area (Å²) in [6.45, 7) is 6.73. The number of halogens is 3. The van der Waals surface area contributed by atoms with Gasteiger partial charge in [-0.1, -0.05) is 12.1 Å². The van der Waals surface area contributed by atoms with Crippen LogP contribution < -0.4 is 0 Å². The number of aliphatic carboxylic acids is 1. The molecule has 1 aliphatic heterocycles. The van der Waals surface area contributed by atoms with Crippen molar-refractivity contribution in [3.05, 3.63) is 60.5 Å². The van der Waals surface area contributed by atoms with Crippen LogP contribution in [0.4, 0.5) is 13.2 Å². The van der Waals surface area contributed by atoms with Gasteiger partial charge in [0.05, 0.1) is 42.7 Å². The van der Waals surface area contributed by atoms with E-state index in [2.05, 4.69) is 39.1 Å². The summed E-state index contributed by atoms with van der Waals surface area (Å²) in [6, 6.07) is 6.26. The van der Waals surface area contributed by atoms with E-state index in [0.29, 0.717) is 13.2 Å². The molecule has 1 unspecified atom stereocenters. The van der Waals surface area contributed by atoms with Crippen molar-refractivity contribution in [3.8, 4) is 0 Å². The Morgan fingerprint density at radius 2 is 2.14 bits per heavy atom. The molecule has 2 aromatic heterocycles. The van der Waals surface area contributed by atoms with Crippen LogP contribution in [-0.2, 0) is 29.5 Å². The van der Waals surface area contributed by atoms with E-state index < -0.39 is 12.1 Å². The molecule has 1 aliphatic rings. The van der Waals surface area contributed by atoms with Crippen molar-refractivity contribution >= 4 is 5.97 Å². The Bertz CT molecular complexity index is 809. The first-order valence-electron chi connectivity index (χ1n) is 8.86. The van der Waals surface area contributed by atoms with Gasteiger partial charge in [-0.3, -0.25) is 9.88 Å². The fourth-order valence-electron chi connectivity index (χ4n) is 3.02. The Balaban J connectivity index is 0.000000370. The summed E-state index contributed by atoms with van der Waals surface area (Å²) in [5, 5.41) is 7.12. The van der Waals surface area contributed by atoms with Crippen LogP contribution in [0.15, 0.2) is 43.4 Å². The number of fused-ring (bicyclic) bond motifs is 1. The molecule has 158 valence electrons. The highest BCUT2D eigenvalue weighted by molar-refractivity contribution is 5.73. The van der Waals surface area contributed by atoms with Gasteiger partial charge in [-0.15, -0.1) is 6.58 Å². The molecule has 1 N–H and O–H groups in total. The Kier molecular flexibility index (Phi) is 7.91. The summed E-state index contributed by atoms with van der Waals surface area (Å²) in [5.74, 6) is -2.76. The van der Waals surface area contributed by atoms with Gasteiger partial charge in [-0.25, -0.2) is 9.78 Å². The number of imidazole rings is 1. The van der Waals surface area contributed by atoms with Gasteiger partial charge in [0.15, 0.2) is 0 Å². The number of carboxylic acids is 1. The van der Waals surface area contributed by atoms with E-state index in [1.165, 1.54) is 11.4 Å². The molecular formula is C19H23F3N4O3. The molecule has 0 amide bonds. The Morgan fingerprint density at radius 3 is 2.72 bits per heavy atom. The maximum Gasteiger partial charge on any atom is 0.490 e. The first-order chi connectivity index (χ1) is 13.7. The number of ether oxygens (including phenoxy) is 1. The summed E-state index contributed by atoms with van der Waals surface area (Å²) >= 11 is 0. The number of nitrogens with zero attached hydrogens (tertiary/aromatic N) is 4. The lowest BCUT2D eigenvalue weighted by Crippen LogP contribution is -2.38. The zero-order valence-electron chi connectivity index (χ0n) is 16.0. The van der Waals surface area contributed by atoms with E-state index in [-0.39, 0.29) is 6.04 Å². The third kappa shape index (κ3) is 6.40. The highest BCUT2D eigenvalue weighted by atomic mass is 19.4. The highest BCUT2D eigenvalue weighted by Gasteiger charge is 2.38. The SMILES string of the molecule is C=CCOCC1c2c(ncn2C)CCN1Cc1ccccn1.O=C(O)C(F)(F)F. The van der Waals surface area contributed by atoms with E-state index in [4.69, 9.17) is 14.6 Å². The maximum absolute atomic E-state index is 10.6. The van der Waals surface area contributed by atoms with Gasteiger partial charge in [0.25, 0.3) is 0 Å². The first kappa shape index (κ1) is 22.6. The molecule has 2 aromatic rings. The zero-order valence-corrected chi connectivity index (χ0v) is 16.0. The van der Waals surface area contributed by atoms with Gasteiger partial charge < -0.3 is 14.4 Å². The standard InChI is InChI=1S/C17H22N4O.C2HF3O2/c1-3-10-22-12-16-17-15(19-13-20(17)2)7-9-21(16)11-14-6-4-5-8-18-14;3-2(4,5)1(6)7/h3-6,8,13,16H,1,7,9-12H2,2H3;(H,6,7). The molecule has 10 heteroatoms. The van der Waals surface area contributed by atoms with E-state index >= 15 is 0 Å². The van der Waals surface area contributed by atoms with Gasteiger partial charge >= 0.3 is 12.1 Å². The Hall–Kier alpha value is -2.72. The van der Waals surface area contributed by atoms with Crippen LogP contribution in [0.5, 0.6) is 0 Å². The lowest BCUT2D eigenvalue weighted by atomic mass is 10.0. The molecule has 3 heterocycles. The van der Waals surface area contributed by atoms with Crippen LogP contribution >= 0.6 is 0 Å². The minimum atomic E-state index is -5.08. The Labute approximate surface area is 166 Å². The molecule has 0 saturated carbocycles. The number of pyridine rings is 1. The fourth-order valence-corrected chi connectivity index (χ4v) is 3.02. The molecule has 3 rings (SSSR count). The number of aromatic nitrogens is 3. The van der Waals surface area contributed by atoms with Crippen molar-refractivity contribution in [1.29, 1.82) is 0 Å². The third-order valence-electron chi connectivity index (χ3n) is 4.30. The van der Waals surface area contributed by atoms with E-state index in [1.807, 2.05) is 24.7 Å². The van der Waals surface area contributed by atoms with Crippen molar-refractivity contribution in [2.75, 3.05) is 19.8 Å². The number of alkyl halides is 3. The van der Waals surface area contributed by atoms with Gasteiger partial charge in [0, 0.05) is 32.8 Å². The second-order valence-electron chi connectivity index (χ2n) is 6.37. The van der Waals surface area contributed by atoms with Crippen LogP contribution in [0.3, 0.4) is 0 Å². The smallest absolute Gasteiger partial charge is 0.475 e. The first-order valence-corrected chi connectivity index (χ1v) is 8.86. The molecule has 29 heavy (non-hydrogen) atoms. The van der Waals surface area contributed by atoms with Gasteiger partial charge in [0.1, 0.15) is 0 Å². The number of carbonyl (C=O) groups is 1. The minimum Gasteiger partial charge on any atom is -0.475 e. The van der Waals surface area contributed by atoms with Crippen molar-refractivity contribution in [1.82, 2.24) is 19.4 Å². The van der Waals surface area contributed by atoms with Crippen LogP contribution in [0.1, 0.15) is 23.1 Å². The summed E-state index contributed by atoms with van der Waals surface area (Å²) in [6.07, 6.45) is 1.42. The van der Waals surface area contributed by atoms with Gasteiger partial charge in [-0.05, 0) is 12.1 Å². The van der Waals surface area contributed by atoms with Crippen molar-refractivity contribution in [3.63, 3.8) is 0 Å². The van der Waals surface area contributed by atoms with E-state index in [0.717, 1.165) is 25.2 Å². The van der Waals surface area contributed by atoms with Crippen molar-refractivity contribution < 1.29 is 27.8 Å². The van der Waals surface area contributed by atoms with Crippen LogP contribution in [0.2, 0.25) is 0 Å². The number of hydrogen-bond acceptors (Lipinski definition) is 5. The predicted octanol–water partition coefficient (Wildman–Crippen LogP) is 2.75. The summed E-state index contributed by atoms with van der Waals surface area (Å²) in [7, 11) is 2.05. The average molecular weight is 412 g/mol. The number of hydrogen-bond donors (Lipinski definition) is 1. The number of aryl methyl sites for hydroxylation is 1. The highest BCUT2D eigenvalue weighted by Crippen LogP contribution is 2.30. The van der Waals surface area contributed by atoms with Crippen LogP contribution in [0, 0.1) is 0 Å². The van der Waals surface area contributed by atoms with Crippen molar-refractivity contribution in [2.24, 2.45) is 7.05 Å². The lowest BCUT2D eigenvalue weighted by molar-refractivity contribution is -0.192. The molecule has 0 aromatic carbocycles. The second-order valence-corrected chi connectivity index (χ2v) is 6.37. The topological polar surface area (TPSA) is 80.5 Å². The van der Waals surface area contributed by atoms with Crippen LogP contribution in [-0.4, -0.2) is 56.4 Å². The lowest BCUT2D eigenvalue weighted by Gasteiger charge is -2.35. The molecular weight excluding hydrogens is 389 g/mol. The molecule has 0 radical (unpaired) electrons. The summed E-state index contributed by atoms with van der Waals surface area (Å²) in [5.41, 5.74) is 3.53. The molecule has 1 atom stereocenters. The predicted molar refractivity (Wildman–Crippen MR) is 99.0 cm³/mol. The normalized spacial score (nSPS) is 16.5. The zero-order chi connectivity index (χ0) is 21.4. The van der Waals surface area contributed by atoms with Gasteiger partial charge in [0.2, 0.25) is 0 Å². The largest absolute Gasteiger partial charge is 0.490 e. The molecule has 0 fully saturated rings. The monoisotopic (exact) mass is 412 g/mol. The summed E-state index contributed by atoms with van der Waals surface area (Å²) < 4.78 is 39.6. The Morgan fingerprint density at radius 1 is 1.41 bits per heavy atom. The molecule has 0 spiro atoms. The molecule has 0 saturated heterocycles. The summed E-state index contributed by atoms with van der Waals surface area (Å²) in [4.78, 5) is 20.3. The van der Waals surface area contributed by atoms with E-state index in [9.17, 15) is 13.2 Å². The maximum atomic E-state index is 10.6. The third-order valence-corrected chi connectivity index (χ3v) is 4.30. The number of carboxylic acid groups (broad SMARTS) is 1. The average Bonchev–Trinajstić information content (AvgIpc) is 3.05. The minimum absolute atomic E-state index is 0.207. The molecule has 0 aliphatic carbocycles. The number of rotatable bonds is 6. The second kappa shape index (κ2) is 10.2. The molecule has 7 nitrogen and oxygen atoms in total.